The van der Waals surface area contributed by atoms with Crippen molar-refractivity contribution < 1.29 is 9.59 Å². The van der Waals surface area contributed by atoms with Gasteiger partial charge in [0, 0.05) is 28.2 Å². The molecule has 0 spiro atoms. The first-order chi connectivity index (χ1) is 13.6. The van der Waals surface area contributed by atoms with Crippen molar-refractivity contribution in [3.05, 3.63) is 82.3 Å². The largest absolute Gasteiger partial charge is 0.279 e. The minimum Gasteiger partial charge on any atom is -0.267 e. The van der Waals surface area contributed by atoms with Gasteiger partial charge in [-0.05, 0) is 43.3 Å². The Hall–Kier alpha value is -3.58. The first-order valence-corrected chi connectivity index (χ1v) is 9.41. The molecule has 0 atom stereocenters. The predicted octanol–water partition coefficient (Wildman–Crippen LogP) is 3.74. The number of para-hydroxylation sites is 1. The Morgan fingerprint density at radius 3 is 2.43 bits per heavy atom. The molecule has 7 heteroatoms. The molecule has 0 aliphatic rings. The third kappa shape index (κ3) is 3.60. The fraction of sp³-hybridized carbons (Fsp3) is 0.0476. The van der Waals surface area contributed by atoms with Crippen molar-refractivity contribution in [2.45, 2.75) is 6.92 Å². The Bertz CT molecular complexity index is 1170. The average molecular weight is 388 g/mol. The van der Waals surface area contributed by atoms with E-state index in [1.54, 1.807) is 24.5 Å². The fourth-order valence-corrected chi connectivity index (χ4v) is 3.60. The zero-order valence-electron chi connectivity index (χ0n) is 15.0. The van der Waals surface area contributed by atoms with E-state index in [1.165, 1.54) is 11.3 Å². The van der Waals surface area contributed by atoms with E-state index in [4.69, 9.17) is 0 Å². The number of thiophene rings is 1. The van der Waals surface area contributed by atoms with Crippen molar-refractivity contribution in [1.82, 2.24) is 20.8 Å². The van der Waals surface area contributed by atoms with Crippen LogP contribution in [0.15, 0.2) is 67.0 Å². The number of amides is 2. The summed E-state index contributed by atoms with van der Waals surface area (Å²) in [6, 6.07) is 16.4. The number of aromatic nitrogens is 2. The highest BCUT2D eigenvalue weighted by molar-refractivity contribution is 7.13. The molecule has 28 heavy (non-hydrogen) atoms. The Morgan fingerprint density at radius 1 is 0.929 bits per heavy atom. The molecular weight excluding hydrogens is 372 g/mol. The molecule has 4 rings (SSSR count). The topological polar surface area (TPSA) is 84.0 Å². The minimum absolute atomic E-state index is 0.348. The molecule has 2 amide bonds. The number of pyridine rings is 2. The maximum atomic E-state index is 12.8. The van der Waals surface area contributed by atoms with Crippen LogP contribution in [0.2, 0.25) is 0 Å². The second-order valence-electron chi connectivity index (χ2n) is 6.13. The molecule has 0 bridgehead atoms. The van der Waals surface area contributed by atoms with Crippen LogP contribution in [0.1, 0.15) is 24.9 Å². The molecule has 1 aromatic carbocycles. The van der Waals surface area contributed by atoms with Crippen LogP contribution in [0.5, 0.6) is 0 Å². The lowest BCUT2D eigenvalue weighted by molar-refractivity contribution is 0.0850. The number of fused-ring (bicyclic) bond motifs is 1. The minimum atomic E-state index is -0.407. The third-order valence-electron chi connectivity index (χ3n) is 4.19. The van der Waals surface area contributed by atoms with Crippen molar-refractivity contribution in [3.63, 3.8) is 0 Å². The molecule has 138 valence electrons. The smallest absolute Gasteiger partial charge is 0.267 e. The summed E-state index contributed by atoms with van der Waals surface area (Å²) in [5.74, 6) is -0.755. The third-order valence-corrected chi connectivity index (χ3v) is 5.19. The highest BCUT2D eigenvalue weighted by Crippen LogP contribution is 2.24. The molecule has 0 aliphatic heterocycles. The number of carbonyl (C=O) groups excluding carboxylic acids is 2. The lowest BCUT2D eigenvalue weighted by Gasteiger charge is -2.11. The first-order valence-electron chi connectivity index (χ1n) is 8.59. The summed E-state index contributed by atoms with van der Waals surface area (Å²) in [6.45, 7) is 1.92. The van der Waals surface area contributed by atoms with Gasteiger partial charge in [0.1, 0.15) is 0 Å². The molecule has 0 saturated heterocycles. The molecule has 0 radical (unpaired) electrons. The molecule has 0 saturated carbocycles. The number of hydrazine groups is 1. The summed E-state index contributed by atoms with van der Waals surface area (Å²) < 4.78 is 0. The van der Waals surface area contributed by atoms with Crippen LogP contribution in [-0.4, -0.2) is 21.8 Å². The maximum absolute atomic E-state index is 12.8. The Morgan fingerprint density at radius 2 is 1.68 bits per heavy atom. The predicted molar refractivity (Wildman–Crippen MR) is 109 cm³/mol. The van der Waals surface area contributed by atoms with Crippen LogP contribution >= 0.6 is 11.3 Å². The van der Waals surface area contributed by atoms with Crippen LogP contribution in [0, 0.1) is 6.92 Å². The van der Waals surface area contributed by atoms with Gasteiger partial charge in [-0.3, -0.25) is 25.4 Å². The van der Waals surface area contributed by atoms with E-state index in [0.717, 1.165) is 10.4 Å². The fourth-order valence-electron chi connectivity index (χ4n) is 2.83. The van der Waals surface area contributed by atoms with Crippen LogP contribution in [0.4, 0.5) is 0 Å². The molecule has 2 N–H and O–H groups in total. The summed E-state index contributed by atoms with van der Waals surface area (Å²) in [5, 5.41) is 0.707. The molecule has 0 fully saturated rings. The van der Waals surface area contributed by atoms with Gasteiger partial charge in [-0.1, -0.05) is 18.2 Å². The van der Waals surface area contributed by atoms with Gasteiger partial charge < -0.3 is 0 Å². The van der Waals surface area contributed by atoms with Gasteiger partial charge in [-0.25, -0.2) is 4.98 Å². The number of hydrogen-bond donors (Lipinski definition) is 2. The van der Waals surface area contributed by atoms with Crippen LogP contribution in [0.3, 0.4) is 0 Å². The molecule has 3 aromatic heterocycles. The zero-order valence-corrected chi connectivity index (χ0v) is 15.8. The lowest BCUT2D eigenvalue weighted by Crippen LogP contribution is -2.41. The number of hydrogen-bond acceptors (Lipinski definition) is 5. The number of benzene rings is 1. The zero-order chi connectivity index (χ0) is 19.5. The molecular formula is C21H16N4O2S. The van der Waals surface area contributed by atoms with Gasteiger partial charge in [0.2, 0.25) is 0 Å². The molecule has 0 unspecified atom stereocenters. The summed E-state index contributed by atoms with van der Waals surface area (Å²) >= 11 is 1.37. The van der Waals surface area contributed by atoms with E-state index >= 15 is 0 Å². The number of rotatable bonds is 3. The summed E-state index contributed by atoms with van der Waals surface area (Å²) in [6.07, 6.45) is 3.35. The van der Waals surface area contributed by atoms with E-state index in [2.05, 4.69) is 20.8 Å². The summed E-state index contributed by atoms with van der Waals surface area (Å²) in [4.78, 5) is 35.3. The van der Waals surface area contributed by atoms with E-state index in [-0.39, 0.29) is 5.91 Å². The summed E-state index contributed by atoms with van der Waals surface area (Å²) in [5.41, 5.74) is 7.62. The van der Waals surface area contributed by atoms with E-state index in [0.29, 0.717) is 27.0 Å². The number of nitrogens with one attached hydrogen (secondary N) is 2. The van der Waals surface area contributed by atoms with Gasteiger partial charge in [0.05, 0.1) is 21.7 Å². The highest BCUT2D eigenvalue weighted by atomic mass is 32.1. The van der Waals surface area contributed by atoms with Crippen LogP contribution in [0.25, 0.3) is 22.2 Å². The van der Waals surface area contributed by atoms with Gasteiger partial charge in [0.25, 0.3) is 11.8 Å². The van der Waals surface area contributed by atoms with Gasteiger partial charge >= 0.3 is 0 Å². The molecule has 4 aromatic rings. The van der Waals surface area contributed by atoms with Crippen LogP contribution < -0.4 is 10.9 Å². The quantitative estimate of drug-likeness (QED) is 0.524. The number of carbonyl (C=O) groups is 2. The standard InChI is InChI=1S/C21H16N4O2S/c1-13-6-7-19(28-13)21(27)25-24-20(26)16-12-18(14-8-10-22-11-9-14)23-17-5-3-2-4-15(16)17/h2-12H,1H3,(H,24,26)(H,25,27). The first kappa shape index (κ1) is 17.8. The van der Waals surface area contributed by atoms with E-state index in [9.17, 15) is 9.59 Å². The molecule has 0 aliphatic carbocycles. The highest BCUT2D eigenvalue weighted by Gasteiger charge is 2.15. The SMILES string of the molecule is Cc1ccc(C(=O)NNC(=O)c2cc(-c3ccncc3)nc3ccccc23)s1. The summed E-state index contributed by atoms with van der Waals surface area (Å²) in [7, 11) is 0. The second-order valence-corrected chi connectivity index (χ2v) is 7.41. The second kappa shape index (κ2) is 7.58. The monoisotopic (exact) mass is 388 g/mol. The van der Waals surface area contributed by atoms with Crippen molar-refractivity contribution in [2.24, 2.45) is 0 Å². The normalized spacial score (nSPS) is 10.6. The lowest BCUT2D eigenvalue weighted by atomic mass is 10.0. The number of aryl methyl sites for hydroxylation is 1. The number of nitrogens with zero attached hydrogens (tertiary/aromatic N) is 2. The molecule has 3 heterocycles. The van der Waals surface area contributed by atoms with Gasteiger partial charge in [-0.2, -0.15) is 0 Å². The van der Waals surface area contributed by atoms with Gasteiger partial charge in [0.15, 0.2) is 0 Å². The Balaban J connectivity index is 1.65. The maximum Gasteiger partial charge on any atom is 0.279 e. The molecule has 6 nitrogen and oxygen atoms in total. The van der Waals surface area contributed by atoms with Crippen molar-refractivity contribution in [1.29, 1.82) is 0 Å². The van der Waals surface area contributed by atoms with Crippen molar-refractivity contribution in [3.8, 4) is 11.3 Å². The van der Waals surface area contributed by atoms with E-state index in [1.807, 2.05) is 49.4 Å². The Kier molecular flexibility index (Phi) is 4.82. The average Bonchev–Trinajstić information content (AvgIpc) is 3.18. The van der Waals surface area contributed by atoms with Crippen molar-refractivity contribution in [2.75, 3.05) is 0 Å². The Labute approximate surface area is 165 Å². The van der Waals surface area contributed by atoms with Crippen molar-refractivity contribution >= 4 is 34.1 Å². The van der Waals surface area contributed by atoms with E-state index < -0.39 is 5.91 Å². The van der Waals surface area contributed by atoms with Crippen LogP contribution in [-0.2, 0) is 0 Å². The van der Waals surface area contributed by atoms with Gasteiger partial charge in [-0.15, -0.1) is 11.3 Å².